The fourth-order valence-corrected chi connectivity index (χ4v) is 2.15. The second-order valence-electron chi connectivity index (χ2n) is 4.63. The Kier molecular flexibility index (Phi) is 4.90. The fourth-order valence-electron chi connectivity index (χ4n) is 2.00. The summed E-state index contributed by atoms with van der Waals surface area (Å²) in [6.45, 7) is 5.62. The second kappa shape index (κ2) is 6.36. The van der Waals surface area contributed by atoms with Gasteiger partial charge in [0.1, 0.15) is 5.75 Å². The van der Waals surface area contributed by atoms with Crippen molar-refractivity contribution >= 4 is 58.0 Å². The maximum atomic E-state index is 12.2. The molecule has 1 aliphatic rings. The van der Waals surface area contributed by atoms with E-state index < -0.39 is 15.8 Å². The first-order valence-corrected chi connectivity index (χ1v) is 7.48. The molecule has 0 saturated carbocycles. The Morgan fingerprint density at radius 2 is 2.18 bits per heavy atom. The van der Waals surface area contributed by atoms with Crippen LogP contribution in [0.2, 0.25) is 0 Å². The predicted molar refractivity (Wildman–Crippen MR) is 88.0 cm³/mol. The Bertz CT molecular complexity index is 628. The van der Waals surface area contributed by atoms with Crippen molar-refractivity contribution in [1.29, 1.82) is 0 Å². The molecule has 0 radical (unpaired) electrons. The molecule has 1 aromatic carbocycles. The van der Waals surface area contributed by atoms with Crippen LogP contribution in [0.1, 0.15) is 6.92 Å². The molecular weight excluding hydrogens is 351 g/mol. The molecular formula is C14H13Cl3N2O3. The van der Waals surface area contributed by atoms with Gasteiger partial charge >= 0.3 is 0 Å². The Morgan fingerprint density at radius 3 is 2.77 bits per heavy atom. The van der Waals surface area contributed by atoms with Crippen LogP contribution in [0.5, 0.6) is 5.75 Å². The summed E-state index contributed by atoms with van der Waals surface area (Å²) < 4.78 is 3.46. The van der Waals surface area contributed by atoms with Crippen molar-refractivity contribution in [3.8, 4) is 5.75 Å². The summed E-state index contributed by atoms with van der Waals surface area (Å²) in [7, 11) is 0. The first kappa shape index (κ1) is 16.9. The van der Waals surface area contributed by atoms with Crippen LogP contribution in [0.25, 0.3) is 0 Å². The number of alkyl halides is 3. The van der Waals surface area contributed by atoms with Crippen LogP contribution >= 0.6 is 34.8 Å². The van der Waals surface area contributed by atoms with Crippen molar-refractivity contribution in [3.63, 3.8) is 0 Å². The molecule has 5 nitrogen and oxygen atoms in total. The third-order valence-electron chi connectivity index (χ3n) is 2.99. The predicted octanol–water partition coefficient (Wildman–Crippen LogP) is 3.30. The van der Waals surface area contributed by atoms with E-state index in [1.165, 1.54) is 4.90 Å². The molecule has 1 aliphatic heterocycles. The number of amides is 2. The normalized spacial score (nSPS) is 17.5. The highest BCUT2D eigenvalue weighted by molar-refractivity contribution is 6.76. The zero-order valence-electron chi connectivity index (χ0n) is 11.6. The van der Waals surface area contributed by atoms with Gasteiger partial charge in [0.25, 0.3) is 15.6 Å². The third-order valence-corrected chi connectivity index (χ3v) is 3.51. The summed E-state index contributed by atoms with van der Waals surface area (Å²) in [5, 5.41) is 2.47. The van der Waals surface area contributed by atoms with Crippen LogP contribution in [-0.4, -0.2) is 28.3 Å². The maximum absolute atomic E-state index is 12.2. The number of rotatable bonds is 3. The van der Waals surface area contributed by atoms with Crippen LogP contribution in [0.3, 0.4) is 0 Å². The maximum Gasteiger partial charge on any atom is 0.276 e. The van der Waals surface area contributed by atoms with Gasteiger partial charge in [-0.05, 0) is 25.1 Å². The molecule has 8 heteroatoms. The van der Waals surface area contributed by atoms with E-state index in [0.717, 1.165) is 0 Å². The molecule has 0 aliphatic carbocycles. The van der Waals surface area contributed by atoms with Crippen LogP contribution in [0.4, 0.5) is 11.4 Å². The Hall–Kier alpha value is -1.43. The zero-order valence-corrected chi connectivity index (χ0v) is 13.9. The van der Waals surface area contributed by atoms with Crippen LogP contribution in [0.15, 0.2) is 30.9 Å². The Morgan fingerprint density at radius 1 is 1.50 bits per heavy atom. The van der Waals surface area contributed by atoms with E-state index in [-0.39, 0.29) is 5.91 Å². The standard InChI is InChI=1S/C14H13Cl3N2O3/c1-3-6-19-10-7-9(18-13(21)14(15,16)17)4-5-11(10)22-8(2)12(19)20/h3-5,7-8H,1,6H2,2H3,(H,18,21). The van der Waals surface area contributed by atoms with Crippen molar-refractivity contribution in [2.45, 2.75) is 16.8 Å². The second-order valence-corrected chi connectivity index (χ2v) is 6.91. The number of nitrogens with one attached hydrogen (secondary N) is 1. The monoisotopic (exact) mass is 362 g/mol. The summed E-state index contributed by atoms with van der Waals surface area (Å²) in [6.07, 6.45) is 1.01. The molecule has 0 spiro atoms. The van der Waals surface area contributed by atoms with Gasteiger partial charge in [0.2, 0.25) is 0 Å². The summed E-state index contributed by atoms with van der Waals surface area (Å²) >= 11 is 16.5. The highest BCUT2D eigenvalue weighted by atomic mass is 35.6. The number of ether oxygens (including phenoxy) is 1. The molecule has 0 fully saturated rings. The first-order chi connectivity index (χ1) is 10.2. The minimum Gasteiger partial charge on any atom is -0.479 e. The summed E-state index contributed by atoms with van der Waals surface area (Å²) in [6, 6.07) is 4.82. The van der Waals surface area contributed by atoms with Gasteiger partial charge in [-0.3, -0.25) is 9.59 Å². The smallest absolute Gasteiger partial charge is 0.276 e. The zero-order chi connectivity index (χ0) is 16.5. The molecule has 0 aromatic heterocycles. The van der Waals surface area contributed by atoms with Crippen LogP contribution < -0.4 is 15.0 Å². The molecule has 1 N–H and O–H groups in total. The Balaban J connectivity index is 2.34. The minimum atomic E-state index is -2.07. The lowest BCUT2D eigenvalue weighted by Gasteiger charge is -2.32. The molecule has 1 aromatic rings. The lowest BCUT2D eigenvalue weighted by molar-refractivity contribution is -0.125. The summed E-state index contributed by atoms with van der Waals surface area (Å²) in [4.78, 5) is 25.4. The van der Waals surface area contributed by atoms with Crippen LogP contribution in [-0.2, 0) is 9.59 Å². The summed E-state index contributed by atoms with van der Waals surface area (Å²) in [5.74, 6) is -0.456. The van der Waals surface area contributed by atoms with Gasteiger partial charge in [0, 0.05) is 12.2 Å². The largest absolute Gasteiger partial charge is 0.479 e. The van der Waals surface area contributed by atoms with E-state index in [4.69, 9.17) is 39.5 Å². The third kappa shape index (κ3) is 3.48. The van der Waals surface area contributed by atoms with Gasteiger partial charge in [-0.1, -0.05) is 40.9 Å². The number of benzene rings is 1. The first-order valence-electron chi connectivity index (χ1n) is 6.35. The average Bonchev–Trinajstić information content (AvgIpc) is 2.43. The minimum absolute atomic E-state index is 0.197. The quantitative estimate of drug-likeness (QED) is 0.662. The highest BCUT2D eigenvalue weighted by Gasteiger charge is 2.33. The molecule has 1 unspecified atom stereocenters. The molecule has 1 atom stereocenters. The van der Waals surface area contributed by atoms with Crippen LogP contribution in [0, 0.1) is 0 Å². The van der Waals surface area contributed by atoms with E-state index in [0.29, 0.717) is 23.7 Å². The van der Waals surface area contributed by atoms with Gasteiger partial charge in [-0.15, -0.1) is 6.58 Å². The number of carbonyl (C=O) groups is 2. The fraction of sp³-hybridized carbons (Fsp3) is 0.286. The van der Waals surface area contributed by atoms with Crippen molar-refractivity contribution in [3.05, 3.63) is 30.9 Å². The molecule has 0 saturated heterocycles. The molecule has 2 amide bonds. The number of hydrogen-bond acceptors (Lipinski definition) is 3. The van der Waals surface area contributed by atoms with E-state index in [2.05, 4.69) is 11.9 Å². The van der Waals surface area contributed by atoms with Gasteiger partial charge in [-0.25, -0.2) is 0 Å². The number of fused-ring (bicyclic) bond motifs is 1. The highest BCUT2D eigenvalue weighted by Crippen LogP contribution is 2.37. The number of carbonyl (C=O) groups excluding carboxylic acids is 2. The average molecular weight is 364 g/mol. The lowest BCUT2D eigenvalue weighted by Crippen LogP contribution is -2.44. The van der Waals surface area contributed by atoms with Crippen molar-refractivity contribution < 1.29 is 14.3 Å². The van der Waals surface area contributed by atoms with Gasteiger partial charge in [0.15, 0.2) is 6.10 Å². The van der Waals surface area contributed by atoms with E-state index >= 15 is 0 Å². The number of nitrogens with zero attached hydrogens (tertiary/aromatic N) is 1. The number of anilines is 2. The van der Waals surface area contributed by atoms with Gasteiger partial charge in [-0.2, -0.15) is 0 Å². The summed E-state index contributed by atoms with van der Waals surface area (Å²) in [5.41, 5.74) is 0.903. The lowest BCUT2D eigenvalue weighted by atomic mass is 10.1. The Labute approximate surface area is 142 Å². The molecule has 22 heavy (non-hydrogen) atoms. The van der Waals surface area contributed by atoms with Crippen molar-refractivity contribution in [2.24, 2.45) is 0 Å². The molecule has 0 bridgehead atoms. The number of halogens is 3. The molecule has 1 heterocycles. The SMILES string of the molecule is C=CCN1C(=O)C(C)Oc2ccc(NC(=O)C(Cl)(Cl)Cl)cc21. The van der Waals surface area contributed by atoms with E-state index in [1.54, 1.807) is 31.2 Å². The van der Waals surface area contributed by atoms with Crippen molar-refractivity contribution in [1.82, 2.24) is 0 Å². The van der Waals surface area contributed by atoms with Gasteiger partial charge in [0.05, 0.1) is 5.69 Å². The van der Waals surface area contributed by atoms with Crippen molar-refractivity contribution in [2.75, 3.05) is 16.8 Å². The van der Waals surface area contributed by atoms with Gasteiger partial charge < -0.3 is 15.0 Å². The molecule has 2 rings (SSSR count). The van der Waals surface area contributed by atoms with E-state index in [9.17, 15) is 9.59 Å². The molecule has 118 valence electrons. The number of hydrogen-bond donors (Lipinski definition) is 1. The van der Waals surface area contributed by atoms with E-state index in [1.807, 2.05) is 0 Å². The topological polar surface area (TPSA) is 58.6 Å².